The third-order valence-electron chi connectivity index (χ3n) is 5.05. The second-order valence-corrected chi connectivity index (χ2v) is 7.62. The van der Waals surface area contributed by atoms with Gasteiger partial charge in [-0.3, -0.25) is 9.59 Å². The number of carbonyl (C=O) groups is 2. The van der Waals surface area contributed by atoms with Gasteiger partial charge in [-0.2, -0.15) is 0 Å². The highest BCUT2D eigenvalue weighted by molar-refractivity contribution is 5.94. The van der Waals surface area contributed by atoms with E-state index in [0.29, 0.717) is 35.2 Å². The van der Waals surface area contributed by atoms with Crippen molar-refractivity contribution in [2.45, 2.75) is 33.4 Å². The summed E-state index contributed by atoms with van der Waals surface area (Å²) in [6.45, 7) is 8.27. The van der Waals surface area contributed by atoms with Crippen molar-refractivity contribution in [3.63, 3.8) is 0 Å². The molecule has 1 saturated heterocycles. The molecule has 1 amide bonds. The van der Waals surface area contributed by atoms with E-state index < -0.39 is 0 Å². The zero-order chi connectivity index (χ0) is 20.3. The zero-order valence-corrected chi connectivity index (χ0v) is 16.8. The Labute approximate surface area is 165 Å². The average molecular weight is 385 g/mol. The molecular formula is C21H27N3O4. The number of Topliss-reactive ketones (excluding diaryl/α,β-unsaturated/α-hetero) is 1. The number of rotatable bonds is 6. The van der Waals surface area contributed by atoms with E-state index in [-0.39, 0.29) is 24.3 Å². The van der Waals surface area contributed by atoms with Crippen molar-refractivity contribution in [1.82, 2.24) is 15.0 Å². The largest absolute Gasteiger partial charge is 0.486 e. The number of benzene rings is 1. The van der Waals surface area contributed by atoms with E-state index in [2.05, 4.69) is 31.0 Å². The van der Waals surface area contributed by atoms with Crippen LogP contribution in [-0.2, 0) is 6.61 Å². The molecule has 1 aromatic carbocycles. The smallest absolute Gasteiger partial charge is 0.276 e. The Kier molecular flexibility index (Phi) is 6.14. The highest BCUT2D eigenvalue weighted by atomic mass is 16.5. The fraction of sp³-hybridized carbons (Fsp3) is 0.476. The number of carbonyl (C=O) groups excluding carboxylic acids is 2. The molecule has 0 saturated carbocycles. The molecule has 1 atom stereocenters. The normalized spacial score (nSPS) is 17.8. The van der Waals surface area contributed by atoms with Gasteiger partial charge in [0.25, 0.3) is 5.91 Å². The van der Waals surface area contributed by atoms with E-state index in [1.165, 1.54) is 6.92 Å². The van der Waals surface area contributed by atoms with Crippen molar-refractivity contribution in [2.75, 3.05) is 26.7 Å². The number of likely N-dealkylation sites (N-methyl/N-ethyl adjacent to an activating group) is 1. The lowest BCUT2D eigenvalue weighted by Gasteiger charge is -2.41. The first-order chi connectivity index (χ1) is 13.3. The van der Waals surface area contributed by atoms with Crippen LogP contribution >= 0.6 is 0 Å². The Hall–Kier alpha value is -2.67. The van der Waals surface area contributed by atoms with Crippen LogP contribution < -0.4 is 4.74 Å². The molecule has 2 aromatic rings. The van der Waals surface area contributed by atoms with Crippen LogP contribution in [0, 0.1) is 5.92 Å². The molecule has 0 bridgehead atoms. The summed E-state index contributed by atoms with van der Waals surface area (Å²) in [5, 5.41) is 3.95. The predicted molar refractivity (Wildman–Crippen MR) is 104 cm³/mol. The molecule has 0 spiro atoms. The van der Waals surface area contributed by atoms with Gasteiger partial charge in [-0.1, -0.05) is 31.1 Å². The van der Waals surface area contributed by atoms with E-state index in [4.69, 9.17) is 9.26 Å². The molecule has 0 radical (unpaired) electrons. The standard InChI is InChI=1S/C21H27N3O4/c1-14(2)20-12-23(4)8-9-24(20)21(26)19-11-18(28-22-19)13-27-17-7-5-6-16(10-17)15(3)25/h5-7,10-11,14,20H,8-9,12-13H2,1-4H3/t20-/m1/s1. The van der Waals surface area contributed by atoms with Gasteiger partial charge in [0.1, 0.15) is 12.4 Å². The maximum absolute atomic E-state index is 12.9. The van der Waals surface area contributed by atoms with Crippen LogP contribution in [0.2, 0.25) is 0 Å². The monoisotopic (exact) mass is 385 g/mol. The average Bonchev–Trinajstić information content (AvgIpc) is 3.15. The summed E-state index contributed by atoms with van der Waals surface area (Å²) in [6.07, 6.45) is 0. The molecular weight excluding hydrogens is 358 g/mol. The summed E-state index contributed by atoms with van der Waals surface area (Å²) < 4.78 is 11.0. The van der Waals surface area contributed by atoms with Crippen LogP contribution in [0.4, 0.5) is 0 Å². The van der Waals surface area contributed by atoms with Crippen LogP contribution in [0.1, 0.15) is 47.4 Å². The zero-order valence-electron chi connectivity index (χ0n) is 16.8. The molecule has 0 unspecified atom stereocenters. The third kappa shape index (κ3) is 4.59. The molecule has 150 valence electrons. The number of aromatic nitrogens is 1. The molecule has 1 aliphatic rings. The molecule has 7 nitrogen and oxygen atoms in total. The van der Waals surface area contributed by atoms with Gasteiger partial charge in [0.15, 0.2) is 17.2 Å². The van der Waals surface area contributed by atoms with Crippen molar-refractivity contribution in [1.29, 1.82) is 0 Å². The highest BCUT2D eigenvalue weighted by Gasteiger charge is 2.33. The maximum Gasteiger partial charge on any atom is 0.276 e. The number of hydrogen-bond acceptors (Lipinski definition) is 6. The minimum atomic E-state index is -0.111. The predicted octanol–water partition coefficient (Wildman–Crippen LogP) is 2.87. The van der Waals surface area contributed by atoms with E-state index in [1.807, 2.05) is 4.90 Å². The lowest BCUT2D eigenvalue weighted by Crippen LogP contribution is -2.56. The highest BCUT2D eigenvalue weighted by Crippen LogP contribution is 2.20. The summed E-state index contributed by atoms with van der Waals surface area (Å²) in [5.41, 5.74) is 0.882. The molecule has 3 rings (SSSR count). The van der Waals surface area contributed by atoms with Crippen molar-refractivity contribution in [3.8, 4) is 5.75 Å². The second kappa shape index (κ2) is 8.56. The van der Waals surface area contributed by atoms with Gasteiger partial charge in [-0.15, -0.1) is 0 Å². The van der Waals surface area contributed by atoms with Gasteiger partial charge in [-0.05, 0) is 32.0 Å². The van der Waals surface area contributed by atoms with Gasteiger partial charge in [-0.25, -0.2) is 0 Å². The van der Waals surface area contributed by atoms with Crippen LogP contribution in [0.3, 0.4) is 0 Å². The molecule has 7 heteroatoms. The Morgan fingerprint density at radius 2 is 2.07 bits per heavy atom. The summed E-state index contributed by atoms with van der Waals surface area (Å²) in [4.78, 5) is 28.5. The molecule has 1 aromatic heterocycles. The van der Waals surface area contributed by atoms with Crippen LogP contribution in [0.5, 0.6) is 5.75 Å². The first kappa shape index (κ1) is 20.1. The number of ether oxygens (including phenoxy) is 1. The van der Waals surface area contributed by atoms with Gasteiger partial charge in [0.2, 0.25) is 0 Å². The number of ketones is 1. The summed E-state index contributed by atoms with van der Waals surface area (Å²) in [6, 6.07) is 8.74. The Morgan fingerprint density at radius 1 is 1.29 bits per heavy atom. The molecule has 1 aliphatic heterocycles. The Balaban J connectivity index is 1.65. The first-order valence-corrected chi connectivity index (χ1v) is 9.54. The van der Waals surface area contributed by atoms with Crippen LogP contribution in [-0.4, -0.2) is 59.4 Å². The number of nitrogens with zero attached hydrogens (tertiary/aromatic N) is 3. The number of hydrogen-bond donors (Lipinski definition) is 0. The van der Waals surface area contributed by atoms with Crippen LogP contribution in [0.25, 0.3) is 0 Å². The summed E-state index contributed by atoms with van der Waals surface area (Å²) in [5.74, 6) is 1.25. The quantitative estimate of drug-likeness (QED) is 0.712. The minimum Gasteiger partial charge on any atom is -0.486 e. The van der Waals surface area contributed by atoms with E-state index >= 15 is 0 Å². The lowest BCUT2D eigenvalue weighted by molar-refractivity contribution is 0.0393. The minimum absolute atomic E-state index is 0.0233. The molecule has 0 aliphatic carbocycles. The second-order valence-electron chi connectivity index (χ2n) is 7.62. The van der Waals surface area contributed by atoms with Crippen molar-refractivity contribution in [2.24, 2.45) is 5.92 Å². The topological polar surface area (TPSA) is 75.9 Å². The molecule has 0 N–H and O–H groups in total. The number of piperazine rings is 1. The van der Waals surface area contributed by atoms with Gasteiger partial charge < -0.3 is 19.1 Å². The Morgan fingerprint density at radius 3 is 2.79 bits per heavy atom. The lowest BCUT2D eigenvalue weighted by atomic mass is 9.99. The maximum atomic E-state index is 12.9. The van der Waals surface area contributed by atoms with Gasteiger partial charge in [0, 0.05) is 37.3 Å². The van der Waals surface area contributed by atoms with E-state index in [1.54, 1.807) is 30.3 Å². The van der Waals surface area contributed by atoms with Gasteiger partial charge >= 0.3 is 0 Å². The fourth-order valence-corrected chi connectivity index (χ4v) is 3.36. The first-order valence-electron chi connectivity index (χ1n) is 9.54. The molecule has 2 heterocycles. The van der Waals surface area contributed by atoms with Crippen molar-refractivity contribution >= 4 is 11.7 Å². The van der Waals surface area contributed by atoms with Gasteiger partial charge in [0.05, 0.1) is 0 Å². The summed E-state index contributed by atoms with van der Waals surface area (Å²) >= 11 is 0. The summed E-state index contributed by atoms with van der Waals surface area (Å²) in [7, 11) is 2.07. The van der Waals surface area contributed by atoms with Crippen molar-refractivity contribution in [3.05, 3.63) is 47.3 Å². The van der Waals surface area contributed by atoms with E-state index in [0.717, 1.165) is 13.1 Å². The number of amides is 1. The molecule has 1 fully saturated rings. The van der Waals surface area contributed by atoms with E-state index in [9.17, 15) is 9.59 Å². The molecule has 28 heavy (non-hydrogen) atoms. The Bertz CT molecular complexity index is 846. The fourth-order valence-electron chi connectivity index (χ4n) is 3.36. The van der Waals surface area contributed by atoms with Crippen LogP contribution in [0.15, 0.2) is 34.9 Å². The third-order valence-corrected chi connectivity index (χ3v) is 5.05. The van der Waals surface area contributed by atoms with Crippen molar-refractivity contribution < 1.29 is 18.8 Å². The SMILES string of the molecule is CC(=O)c1cccc(OCc2cc(C(=O)N3CCN(C)C[C@@H]3C(C)C)no2)c1.